The van der Waals surface area contributed by atoms with E-state index in [-0.39, 0.29) is 16.0 Å². The molecule has 1 aromatic carbocycles. The number of hydrogen-bond donors (Lipinski definition) is 1. The molecule has 1 aliphatic rings. The Morgan fingerprint density at radius 1 is 1.52 bits per heavy atom. The molecule has 0 saturated heterocycles. The van der Waals surface area contributed by atoms with Crippen molar-refractivity contribution < 1.29 is 4.92 Å². The molecule has 5 heteroatoms. The molecule has 2 rings (SSSR count). The Morgan fingerprint density at radius 2 is 2.29 bits per heavy atom. The van der Waals surface area contributed by atoms with Crippen LogP contribution in [0.5, 0.6) is 0 Å². The molecule has 0 heterocycles. The summed E-state index contributed by atoms with van der Waals surface area (Å²) < 4.78 is 0.745. The first-order chi connectivity index (χ1) is 9.99. The molecule has 1 aliphatic carbocycles. The fraction of sp³-hybridized carbons (Fsp3) is 0.625. The number of hydrogen-bond acceptors (Lipinski definition) is 3. The summed E-state index contributed by atoms with van der Waals surface area (Å²) in [6.45, 7) is 2.83. The van der Waals surface area contributed by atoms with Crippen LogP contribution in [0.4, 0.5) is 5.69 Å². The standard InChI is InChI=1S/C16H23BrN2O2/c1-2-12-4-3-7-16(9-12,11-18)10-13-5-6-14(17)8-15(13)19(20)21/h5-6,8,12H,2-4,7,9-11,18H2,1H3. The highest BCUT2D eigenvalue weighted by Gasteiger charge is 2.36. The van der Waals surface area contributed by atoms with Gasteiger partial charge >= 0.3 is 0 Å². The Balaban J connectivity index is 2.28. The summed E-state index contributed by atoms with van der Waals surface area (Å²) in [6, 6.07) is 5.35. The van der Waals surface area contributed by atoms with E-state index >= 15 is 0 Å². The predicted molar refractivity (Wildman–Crippen MR) is 88.2 cm³/mol. The summed E-state index contributed by atoms with van der Waals surface area (Å²) in [5, 5.41) is 11.3. The van der Waals surface area contributed by atoms with Crippen LogP contribution in [0.1, 0.15) is 44.6 Å². The Morgan fingerprint density at radius 3 is 2.90 bits per heavy atom. The number of nitrogens with zero attached hydrogens (tertiary/aromatic N) is 1. The van der Waals surface area contributed by atoms with Gasteiger partial charge in [-0.1, -0.05) is 48.2 Å². The third-order valence-electron chi connectivity index (χ3n) is 4.86. The van der Waals surface area contributed by atoms with Gasteiger partial charge in [-0.25, -0.2) is 0 Å². The smallest absolute Gasteiger partial charge is 0.273 e. The van der Waals surface area contributed by atoms with Gasteiger partial charge < -0.3 is 5.73 Å². The number of nitro benzene ring substituents is 1. The Hall–Kier alpha value is -0.940. The topological polar surface area (TPSA) is 69.2 Å². The number of nitrogens with two attached hydrogens (primary N) is 1. The lowest BCUT2D eigenvalue weighted by atomic mass is 9.66. The first-order valence-electron chi connectivity index (χ1n) is 7.62. The van der Waals surface area contributed by atoms with Gasteiger partial charge in [-0.15, -0.1) is 0 Å². The van der Waals surface area contributed by atoms with E-state index in [0.717, 1.165) is 22.9 Å². The van der Waals surface area contributed by atoms with E-state index in [9.17, 15) is 10.1 Å². The lowest BCUT2D eigenvalue weighted by Crippen LogP contribution is -2.37. The van der Waals surface area contributed by atoms with Crippen molar-refractivity contribution in [3.63, 3.8) is 0 Å². The van der Waals surface area contributed by atoms with Crippen LogP contribution in [-0.2, 0) is 6.42 Å². The molecule has 0 bridgehead atoms. The summed E-state index contributed by atoms with van der Waals surface area (Å²) in [7, 11) is 0. The molecule has 2 N–H and O–H groups in total. The molecule has 1 fully saturated rings. The molecule has 4 nitrogen and oxygen atoms in total. The van der Waals surface area contributed by atoms with Gasteiger partial charge in [0.2, 0.25) is 0 Å². The molecule has 2 atom stereocenters. The minimum atomic E-state index is -0.287. The lowest BCUT2D eigenvalue weighted by molar-refractivity contribution is -0.385. The summed E-state index contributed by atoms with van der Waals surface area (Å²) >= 11 is 3.31. The van der Waals surface area contributed by atoms with Crippen molar-refractivity contribution in [2.24, 2.45) is 17.1 Å². The van der Waals surface area contributed by atoms with E-state index in [1.54, 1.807) is 6.07 Å². The van der Waals surface area contributed by atoms with Crippen LogP contribution in [-0.4, -0.2) is 11.5 Å². The van der Waals surface area contributed by atoms with Crippen molar-refractivity contribution in [2.45, 2.75) is 45.4 Å². The maximum absolute atomic E-state index is 11.3. The van der Waals surface area contributed by atoms with Crippen LogP contribution in [0.25, 0.3) is 0 Å². The molecule has 0 aromatic heterocycles. The average molecular weight is 355 g/mol. The van der Waals surface area contributed by atoms with Gasteiger partial charge in [0, 0.05) is 16.1 Å². The first kappa shape index (κ1) is 16.4. The predicted octanol–water partition coefficient (Wildman–Crippen LogP) is 4.45. The van der Waals surface area contributed by atoms with Crippen LogP contribution < -0.4 is 5.73 Å². The Kier molecular flexibility index (Phi) is 5.38. The molecule has 0 radical (unpaired) electrons. The second-order valence-electron chi connectivity index (χ2n) is 6.28. The summed E-state index contributed by atoms with van der Waals surface area (Å²) in [4.78, 5) is 11.0. The number of benzene rings is 1. The van der Waals surface area contributed by atoms with E-state index in [1.807, 2.05) is 12.1 Å². The van der Waals surface area contributed by atoms with Crippen molar-refractivity contribution >= 4 is 21.6 Å². The van der Waals surface area contributed by atoms with E-state index in [1.165, 1.54) is 19.3 Å². The SMILES string of the molecule is CCC1CCCC(CN)(Cc2ccc(Br)cc2[N+](=O)[O-])C1. The van der Waals surface area contributed by atoms with Crippen LogP contribution in [0.3, 0.4) is 0 Å². The van der Waals surface area contributed by atoms with Gasteiger partial charge in [0.1, 0.15) is 0 Å². The minimum Gasteiger partial charge on any atom is -0.330 e. The number of rotatable bonds is 5. The number of halogens is 1. The summed E-state index contributed by atoms with van der Waals surface area (Å²) in [5.74, 6) is 0.705. The third-order valence-corrected chi connectivity index (χ3v) is 5.35. The van der Waals surface area contributed by atoms with Gasteiger partial charge in [-0.05, 0) is 43.2 Å². The van der Waals surface area contributed by atoms with Crippen molar-refractivity contribution in [1.82, 2.24) is 0 Å². The molecule has 0 amide bonds. The summed E-state index contributed by atoms with van der Waals surface area (Å²) in [5.41, 5.74) is 7.12. The van der Waals surface area contributed by atoms with Gasteiger partial charge in [-0.2, -0.15) is 0 Å². The molecule has 1 aromatic rings. The molecular formula is C16H23BrN2O2. The van der Waals surface area contributed by atoms with E-state index < -0.39 is 0 Å². The maximum Gasteiger partial charge on any atom is 0.273 e. The highest BCUT2D eigenvalue weighted by molar-refractivity contribution is 9.10. The summed E-state index contributed by atoms with van der Waals surface area (Å²) in [6.07, 6.45) is 6.49. The highest BCUT2D eigenvalue weighted by Crippen LogP contribution is 2.43. The second kappa shape index (κ2) is 6.88. The highest BCUT2D eigenvalue weighted by atomic mass is 79.9. The van der Waals surface area contributed by atoms with Crippen LogP contribution >= 0.6 is 15.9 Å². The monoisotopic (exact) mass is 354 g/mol. The zero-order valence-electron chi connectivity index (χ0n) is 12.5. The molecular weight excluding hydrogens is 332 g/mol. The molecule has 21 heavy (non-hydrogen) atoms. The van der Waals surface area contributed by atoms with Gasteiger partial charge in [0.25, 0.3) is 5.69 Å². The largest absolute Gasteiger partial charge is 0.330 e. The molecule has 2 unspecified atom stereocenters. The van der Waals surface area contributed by atoms with Gasteiger partial charge in [-0.3, -0.25) is 10.1 Å². The molecule has 0 aliphatic heterocycles. The quantitative estimate of drug-likeness (QED) is 0.627. The molecule has 1 saturated carbocycles. The fourth-order valence-corrected chi connectivity index (χ4v) is 3.96. The average Bonchev–Trinajstić information content (AvgIpc) is 2.49. The van der Waals surface area contributed by atoms with Crippen LogP contribution in [0.15, 0.2) is 22.7 Å². The second-order valence-corrected chi connectivity index (χ2v) is 7.20. The molecule has 116 valence electrons. The van der Waals surface area contributed by atoms with Crippen molar-refractivity contribution in [2.75, 3.05) is 6.54 Å². The first-order valence-corrected chi connectivity index (χ1v) is 8.42. The normalized spacial score (nSPS) is 25.8. The van der Waals surface area contributed by atoms with Crippen LogP contribution in [0, 0.1) is 21.4 Å². The maximum atomic E-state index is 11.3. The Labute approximate surface area is 134 Å². The van der Waals surface area contributed by atoms with Crippen LogP contribution in [0.2, 0.25) is 0 Å². The van der Waals surface area contributed by atoms with Crippen molar-refractivity contribution in [3.05, 3.63) is 38.3 Å². The molecule has 0 spiro atoms. The van der Waals surface area contributed by atoms with E-state index in [0.29, 0.717) is 18.9 Å². The van der Waals surface area contributed by atoms with E-state index in [2.05, 4.69) is 22.9 Å². The Bertz CT molecular complexity index is 521. The number of nitro groups is 1. The minimum absolute atomic E-state index is 0.0253. The lowest BCUT2D eigenvalue weighted by Gasteiger charge is -2.40. The van der Waals surface area contributed by atoms with E-state index in [4.69, 9.17) is 5.73 Å². The third kappa shape index (κ3) is 3.83. The zero-order chi connectivity index (χ0) is 15.5. The van der Waals surface area contributed by atoms with Gasteiger partial charge in [0.15, 0.2) is 0 Å². The van der Waals surface area contributed by atoms with Gasteiger partial charge in [0.05, 0.1) is 4.92 Å². The fourth-order valence-electron chi connectivity index (χ4n) is 3.61. The van der Waals surface area contributed by atoms with Crippen molar-refractivity contribution in [3.8, 4) is 0 Å². The zero-order valence-corrected chi connectivity index (χ0v) is 14.1. The van der Waals surface area contributed by atoms with Crippen molar-refractivity contribution in [1.29, 1.82) is 0 Å².